The number of nitrogens with zero attached hydrogens (tertiary/aromatic N) is 4. The maximum absolute atomic E-state index is 13.7. The molecule has 0 aliphatic carbocycles. The number of nitrogens with one attached hydrogen (secondary N) is 1. The highest BCUT2D eigenvalue weighted by atomic mass is 32.1. The van der Waals surface area contributed by atoms with Crippen molar-refractivity contribution in [1.29, 1.82) is 0 Å². The molecule has 0 saturated carbocycles. The molecule has 3 atom stereocenters. The smallest absolute Gasteiger partial charge is 0.407 e. The van der Waals surface area contributed by atoms with Gasteiger partial charge in [0.2, 0.25) is 11.8 Å². The zero-order valence-electron chi connectivity index (χ0n) is 26.2. The molecule has 4 rings (SSSR count). The molecule has 3 amide bonds. The molecule has 1 saturated heterocycles. The van der Waals surface area contributed by atoms with E-state index in [0.29, 0.717) is 22.8 Å². The van der Waals surface area contributed by atoms with E-state index >= 15 is 0 Å². The van der Waals surface area contributed by atoms with E-state index in [1.807, 2.05) is 39.0 Å². The summed E-state index contributed by atoms with van der Waals surface area (Å²) in [5, 5.41) is 26.3. The molecule has 3 N–H and O–H groups in total. The lowest BCUT2D eigenvalue weighted by Gasteiger charge is -2.28. The maximum atomic E-state index is 13.7. The first-order valence-electron chi connectivity index (χ1n) is 14.8. The average Bonchev–Trinajstić information content (AvgIpc) is 3.73. The summed E-state index contributed by atoms with van der Waals surface area (Å²) in [5.41, 5.74) is 4.96. The predicted molar refractivity (Wildman–Crippen MR) is 166 cm³/mol. The number of hydrogen-bond donors (Lipinski definition) is 3. The second kappa shape index (κ2) is 15.3. The number of carbonyl (C=O) groups is 3. The van der Waals surface area contributed by atoms with Crippen molar-refractivity contribution in [2.75, 3.05) is 40.0 Å². The SMILES string of the molecule is Cc1cc([C@@H](C(=O)N2C[C@H](O)C[C@H]2C(=O)NCc2ccc(-c3scnc3C)cc2OCCOCCN(C)C(=O)O)C(C)C)on1. The highest BCUT2D eigenvalue weighted by Gasteiger charge is 2.43. The molecule has 0 spiro atoms. The summed E-state index contributed by atoms with van der Waals surface area (Å²) >= 11 is 1.51. The Kier molecular flexibility index (Phi) is 11.5. The van der Waals surface area contributed by atoms with Crippen LogP contribution in [0.2, 0.25) is 0 Å². The Morgan fingerprint density at radius 2 is 1.98 bits per heavy atom. The number of aromatic nitrogens is 2. The minimum Gasteiger partial charge on any atom is -0.491 e. The quantitative estimate of drug-likeness (QED) is 0.221. The standard InChI is InChI=1S/C31H41N5O8S/c1-18(2)27(26-12-19(3)34-44-26)30(39)36-16-23(37)14-24(36)29(38)32-15-22-7-6-21(28-20(4)33-17-45-28)13-25(22)43-11-10-42-9-8-35(5)31(40)41/h6-7,12-13,17-18,23-24,27,37H,8-11,14-16H2,1-5H3,(H,32,38)(H,40,41)/t23-,24+,27+/m1/s1. The minimum atomic E-state index is -1.03. The van der Waals surface area contributed by atoms with Crippen LogP contribution in [0.4, 0.5) is 4.79 Å². The normalized spacial score (nSPS) is 17.0. The molecule has 45 heavy (non-hydrogen) atoms. The number of hydrogen-bond acceptors (Lipinski definition) is 10. The number of β-amino-alcohol motifs (C(OH)–C–C–N with tert-alkyl or cyclic N) is 1. The number of aliphatic hydroxyl groups is 1. The van der Waals surface area contributed by atoms with Gasteiger partial charge in [-0.25, -0.2) is 9.78 Å². The van der Waals surface area contributed by atoms with Crippen molar-refractivity contribution in [1.82, 2.24) is 25.3 Å². The van der Waals surface area contributed by atoms with Gasteiger partial charge < -0.3 is 39.3 Å². The number of aliphatic hydroxyl groups excluding tert-OH is 1. The molecule has 1 aliphatic rings. The highest BCUT2D eigenvalue weighted by Crippen LogP contribution is 2.33. The molecule has 14 heteroatoms. The molecule has 3 aromatic rings. The van der Waals surface area contributed by atoms with Crippen molar-refractivity contribution in [3.05, 3.63) is 52.5 Å². The Morgan fingerprint density at radius 3 is 2.62 bits per heavy atom. The van der Waals surface area contributed by atoms with Gasteiger partial charge in [-0.3, -0.25) is 9.59 Å². The van der Waals surface area contributed by atoms with Crippen LogP contribution in [0.1, 0.15) is 48.9 Å². The molecular formula is C31H41N5O8S. The molecule has 244 valence electrons. The summed E-state index contributed by atoms with van der Waals surface area (Å²) < 4.78 is 17.0. The third kappa shape index (κ3) is 8.59. The zero-order valence-corrected chi connectivity index (χ0v) is 27.0. The minimum absolute atomic E-state index is 0.0484. The van der Waals surface area contributed by atoms with Crippen LogP contribution in [0.15, 0.2) is 34.3 Å². The number of carboxylic acid groups (broad SMARTS) is 1. The molecule has 13 nitrogen and oxygen atoms in total. The van der Waals surface area contributed by atoms with E-state index in [2.05, 4.69) is 15.5 Å². The van der Waals surface area contributed by atoms with Gasteiger partial charge in [0.15, 0.2) is 0 Å². The Balaban J connectivity index is 1.44. The van der Waals surface area contributed by atoms with Crippen molar-refractivity contribution < 1.29 is 38.6 Å². The van der Waals surface area contributed by atoms with Gasteiger partial charge in [0.25, 0.3) is 0 Å². The van der Waals surface area contributed by atoms with Gasteiger partial charge in [0.1, 0.15) is 30.1 Å². The average molecular weight is 644 g/mol. The highest BCUT2D eigenvalue weighted by molar-refractivity contribution is 7.13. The van der Waals surface area contributed by atoms with Crippen LogP contribution in [0.3, 0.4) is 0 Å². The summed E-state index contributed by atoms with van der Waals surface area (Å²) in [7, 11) is 1.47. The fourth-order valence-corrected chi connectivity index (χ4v) is 6.02. The Hall–Kier alpha value is -4.01. The van der Waals surface area contributed by atoms with Crippen LogP contribution in [-0.4, -0.2) is 100 Å². The van der Waals surface area contributed by atoms with E-state index in [4.69, 9.17) is 19.1 Å². The van der Waals surface area contributed by atoms with Gasteiger partial charge in [-0.15, -0.1) is 11.3 Å². The topological polar surface area (TPSA) is 168 Å². The van der Waals surface area contributed by atoms with Gasteiger partial charge in [-0.1, -0.05) is 31.1 Å². The second-order valence-corrected chi connectivity index (χ2v) is 12.3. The predicted octanol–water partition coefficient (Wildman–Crippen LogP) is 3.44. The number of carbonyl (C=O) groups excluding carboxylic acids is 2. The molecule has 0 radical (unpaired) electrons. The summed E-state index contributed by atoms with van der Waals surface area (Å²) in [6, 6.07) is 6.58. The van der Waals surface area contributed by atoms with Crippen LogP contribution in [0, 0.1) is 19.8 Å². The van der Waals surface area contributed by atoms with Gasteiger partial charge in [-0.05, 0) is 31.4 Å². The number of amides is 3. The molecule has 1 aromatic carbocycles. The van der Waals surface area contributed by atoms with Crippen LogP contribution in [0.5, 0.6) is 5.75 Å². The van der Waals surface area contributed by atoms with Crippen LogP contribution in [0.25, 0.3) is 10.4 Å². The van der Waals surface area contributed by atoms with Crippen molar-refractivity contribution in [2.45, 2.75) is 58.7 Å². The fourth-order valence-electron chi connectivity index (χ4n) is 5.21. The molecule has 1 fully saturated rings. The largest absolute Gasteiger partial charge is 0.491 e. The Morgan fingerprint density at radius 1 is 1.20 bits per heavy atom. The van der Waals surface area contributed by atoms with Crippen molar-refractivity contribution >= 4 is 29.2 Å². The summed E-state index contributed by atoms with van der Waals surface area (Å²) in [4.78, 5) is 46.1. The van der Waals surface area contributed by atoms with Gasteiger partial charge >= 0.3 is 6.09 Å². The third-order valence-corrected chi connectivity index (χ3v) is 8.64. The molecule has 1 aliphatic heterocycles. The van der Waals surface area contributed by atoms with E-state index in [-0.39, 0.29) is 63.6 Å². The van der Waals surface area contributed by atoms with Gasteiger partial charge in [0.05, 0.1) is 41.1 Å². The number of thiazole rings is 1. The third-order valence-electron chi connectivity index (χ3n) is 7.66. The first-order valence-corrected chi connectivity index (χ1v) is 15.7. The lowest BCUT2D eigenvalue weighted by molar-refractivity contribution is -0.141. The number of ether oxygens (including phenoxy) is 2. The number of rotatable bonds is 14. The van der Waals surface area contributed by atoms with Crippen LogP contribution < -0.4 is 10.1 Å². The maximum Gasteiger partial charge on any atom is 0.407 e. The van der Waals surface area contributed by atoms with Crippen molar-refractivity contribution in [3.8, 4) is 16.2 Å². The first kappa shape index (κ1) is 33.9. The summed E-state index contributed by atoms with van der Waals surface area (Å²) in [5.74, 6) is -0.443. The molecule has 0 bridgehead atoms. The monoisotopic (exact) mass is 643 g/mol. The Bertz CT molecular complexity index is 1470. The van der Waals surface area contributed by atoms with Crippen molar-refractivity contribution in [2.24, 2.45) is 5.92 Å². The molecular weight excluding hydrogens is 602 g/mol. The van der Waals surface area contributed by atoms with Crippen LogP contribution in [-0.2, 0) is 20.9 Å². The lowest BCUT2D eigenvalue weighted by atomic mass is 9.91. The number of likely N-dealkylation sites (N-methyl/N-ethyl adjacent to an activating group) is 1. The fraction of sp³-hybridized carbons (Fsp3) is 0.516. The number of benzene rings is 1. The van der Waals surface area contributed by atoms with Gasteiger partial charge in [-0.2, -0.15) is 0 Å². The Labute approximate surface area is 266 Å². The van der Waals surface area contributed by atoms with E-state index < -0.39 is 24.2 Å². The van der Waals surface area contributed by atoms with E-state index in [9.17, 15) is 19.5 Å². The zero-order chi connectivity index (χ0) is 32.7. The second-order valence-electron chi connectivity index (χ2n) is 11.5. The molecule has 2 aromatic heterocycles. The first-order chi connectivity index (χ1) is 21.5. The van der Waals surface area contributed by atoms with E-state index in [1.165, 1.54) is 23.3 Å². The number of aryl methyl sites for hydroxylation is 2. The van der Waals surface area contributed by atoms with E-state index in [1.54, 1.807) is 18.5 Å². The van der Waals surface area contributed by atoms with Crippen LogP contribution >= 0.6 is 11.3 Å². The van der Waals surface area contributed by atoms with Crippen molar-refractivity contribution in [3.63, 3.8) is 0 Å². The lowest BCUT2D eigenvalue weighted by Crippen LogP contribution is -2.48. The summed E-state index contributed by atoms with van der Waals surface area (Å²) in [6.07, 6.45) is -1.73. The molecule has 0 unspecified atom stereocenters. The van der Waals surface area contributed by atoms with E-state index in [0.717, 1.165) is 21.0 Å². The summed E-state index contributed by atoms with van der Waals surface area (Å²) in [6.45, 7) is 8.60. The van der Waals surface area contributed by atoms with Gasteiger partial charge in [0, 0.05) is 44.7 Å². The number of likely N-dealkylation sites (tertiary alicyclic amines) is 1. The molecule has 3 heterocycles.